The van der Waals surface area contributed by atoms with Crippen molar-refractivity contribution in [3.63, 3.8) is 0 Å². The predicted molar refractivity (Wildman–Crippen MR) is 63.9 cm³/mol. The molecular formula is C13H18N2. The van der Waals surface area contributed by atoms with Crippen molar-refractivity contribution in [2.45, 2.75) is 34.2 Å². The molecule has 0 amide bonds. The summed E-state index contributed by atoms with van der Waals surface area (Å²) in [5.74, 6) is 1.10. The SMILES string of the molecule is Cc1nc2ccccc2n1CC(C)(C)C. The third-order valence-electron chi connectivity index (χ3n) is 2.48. The van der Waals surface area contributed by atoms with Crippen molar-refractivity contribution in [2.24, 2.45) is 5.41 Å². The summed E-state index contributed by atoms with van der Waals surface area (Å²) in [6, 6.07) is 8.32. The van der Waals surface area contributed by atoms with Crippen molar-refractivity contribution in [3.8, 4) is 0 Å². The molecule has 2 heteroatoms. The van der Waals surface area contributed by atoms with Gasteiger partial charge in [0.1, 0.15) is 5.82 Å². The zero-order chi connectivity index (χ0) is 11.1. The molecule has 0 radical (unpaired) electrons. The van der Waals surface area contributed by atoms with Crippen molar-refractivity contribution in [3.05, 3.63) is 30.1 Å². The number of aromatic nitrogens is 2. The molecule has 0 fully saturated rings. The van der Waals surface area contributed by atoms with Gasteiger partial charge in [0.15, 0.2) is 0 Å². The summed E-state index contributed by atoms with van der Waals surface area (Å²) in [6.07, 6.45) is 0. The molecule has 0 saturated carbocycles. The van der Waals surface area contributed by atoms with E-state index < -0.39 is 0 Å². The van der Waals surface area contributed by atoms with Gasteiger partial charge in [-0.25, -0.2) is 4.98 Å². The molecule has 0 aliphatic rings. The van der Waals surface area contributed by atoms with Crippen LogP contribution in [0.25, 0.3) is 11.0 Å². The second-order valence-corrected chi connectivity index (χ2v) is 5.29. The van der Waals surface area contributed by atoms with E-state index in [-0.39, 0.29) is 5.41 Å². The summed E-state index contributed by atoms with van der Waals surface area (Å²) < 4.78 is 2.30. The van der Waals surface area contributed by atoms with Crippen LogP contribution in [0.3, 0.4) is 0 Å². The fourth-order valence-electron chi connectivity index (χ4n) is 1.87. The van der Waals surface area contributed by atoms with Crippen LogP contribution in [-0.4, -0.2) is 9.55 Å². The number of aryl methyl sites for hydroxylation is 1. The van der Waals surface area contributed by atoms with Gasteiger partial charge in [-0.1, -0.05) is 32.9 Å². The molecule has 0 aliphatic heterocycles. The first-order valence-corrected chi connectivity index (χ1v) is 5.39. The van der Waals surface area contributed by atoms with Gasteiger partial charge in [-0.15, -0.1) is 0 Å². The Balaban J connectivity index is 2.54. The normalized spacial score (nSPS) is 12.3. The summed E-state index contributed by atoms with van der Waals surface area (Å²) >= 11 is 0. The molecule has 1 aromatic heterocycles. The van der Waals surface area contributed by atoms with Gasteiger partial charge in [-0.2, -0.15) is 0 Å². The number of rotatable bonds is 1. The molecule has 2 nitrogen and oxygen atoms in total. The van der Waals surface area contributed by atoms with Crippen LogP contribution in [0.4, 0.5) is 0 Å². The van der Waals surface area contributed by atoms with E-state index in [9.17, 15) is 0 Å². The summed E-state index contributed by atoms with van der Waals surface area (Å²) in [4.78, 5) is 4.56. The van der Waals surface area contributed by atoms with Crippen LogP contribution < -0.4 is 0 Å². The Bertz CT molecular complexity index is 475. The summed E-state index contributed by atoms with van der Waals surface area (Å²) in [5.41, 5.74) is 2.62. The van der Waals surface area contributed by atoms with Gasteiger partial charge in [-0.3, -0.25) is 0 Å². The second kappa shape index (κ2) is 3.37. The van der Waals surface area contributed by atoms with Crippen LogP contribution in [0, 0.1) is 12.3 Å². The maximum atomic E-state index is 4.56. The van der Waals surface area contributed by atoms with Crippen LogP contribution in [0.15, 0.2) is 24.3 Å². The number of hydrogen-bond acceptors (Lipinski definition) is 1. The average Bonchev–Trinajstić information content (AvgIpc) is 2.41. The van der Waals surface area contributed by atoms with E-state index in [1.54, 1.807) is 0 Å². The lowest BCUT2D eigenvalue weighted by atomic mass is 9.97. The quantitative estimate of drug-likeness (QED) is 0.693. The average molecular weight is 202 g/mol. The number of para-hydroxylation sites is 2. The minimum absolute atomic E-state index is 0.286. The highest BCUT2D eigenvalue weighted by molar-refractivity contribution is 5.75. The van der Waals surface area contributed by atoms with Gasteiger partial charge in [0.2, 0.25) is 0 Å². The van der Waals surface area contributed by atoms with Crippen molar-refractivity contribution >= 4 is 11.0 Å². The van der Waals surface area contributed by atoms with Crippen LogP contribution in [0.5, 0.6) is 0 Å². The highest BCUT2D eigenvalue weighted by Gasteiger charge is 2.15. The van der Waals surface area contributed by atoms with Gasteiger partial charge in [-0.05, 0) is 24.5 Å². The Hall–Kier alpha value is -1.31. The third kappa shape index (κ3) is 2.04. The zero-order valence-corrected chi connectivity index (χ0v) is 9.91. The summed E-state index contributed by atoms with van der Waals surface area (Å²) in [6.45, 7) is 9.84. The van der Waals surface area contributed by atoms with Gasteiger partial charge in [0.25, 0.3) is 0 Å². The summed E-state index contributed by atoms with van der Waals surface area (Å²) in [7, 11) is 0. The standard InChI is InChI=1S/C13H18N2/c1-10-14-11-7-5-6-8-12(11)15(10)9-13(2,3)4/h5-8H,9H2,1-4H3. The lowest BCUT2D eigenvalue weighted by Gasteiger charge is -2.20. The van der Waals surface area contributed by atoms with E-state index in [2.05, 4.69) is 55.4 Å². The summed E-state index contributed by atoms with van der Waals surface area (Å²) in [5, 5.41) is 0. The number of imidazole rings is 1. The smallest absolute Gasteiger partial charge is 0.106 e. The van der Waals surface area contributed by atoms with Gasteiger partial charge in [0.05, 0.1) is 11.0 Å². The first-order chi connectivity index (χ1) is 6.97. The number of fused-ring (bicyclic) bond motifs is 1. The molecule has 0 atom stereocenters. The molecule has 0 N–H and O–H groups in total. The molecule has 0 unspecified atom stereocenters. The Kier molecular flexibility index (Phi) is 2.29. The first kappa shape index (κ1) is 10.2. The molecular weight excluding hydrogens is 184 g/mol. The Morgan fingerprint density at radius 1 is 1.20 bits per heavy atom. The topological polar surface area (TPSA) is 17.8 Å². The molecule has 80 valence electrons. The van der Waals surface area contributed by atoms with E-state index in [0.29, 0.717) is 0 Å². The minimum atomic E-state index is 0.286. The zero-order valence-electron chi connectivity index (χ0n) is 9.91. The Labute approximate surface area is 90.9 Å². The van der Waals surface area contributed by atoms with Crippen LogP contribution >= 0.6 is 0 Å². The highest BCUT2D eigenvalue weighted by atomic mass is 15.1. The first-order valence-electron chi connectivity index (χ1n) is 5.39. The number of benzene rings is 1. The van der Waals surface area contributed by atoms with E-state index in [1.165, 1.54) is 5.52 Å². The van der Waals surface area contributed by atoms with Crippen molar-refractivity contribution in [1.82, 2.24) is 9.55 Å². The second-order valence-electron chi connectivity index (χ2n) is 5.29. The molecule has 0 bridgehead atoms. The maximum Gasteiger partial charge on any atom is 0.106 e. The molecule has 0 spiro atoms. The predicted octanol–water partition coefficient (Wildman–Crippen LogP) is 3.39. The molecule has 1 heterocycles. The van der Waals surface area contributed by atoms with E-state index in [1.807, 2.05) is 6.07 Å². The van der Waals surface area contributed by atoms with Gasteiger partial charge < -0.3 is 4.57 Å². The third-order valence-corrected chi connectivity index (χ3v) is 2.48. The largest absolute Gasteiger partial charge is 0.328 e. The van der Waals surface area contributed by atoms with Crippen LogP contribution in [-0.2, 0) is 6.54 Å². The Morgan fingerprint density at radius 2 is 1.87 bits per heavy atom. The molecule has 2 rings (SSSR count). The molecule has 0 saturated heterocycles. The van der Waals surface area contributed by atoms with Crippen LogP contribution in [0.1, 0.15) is 26.6 Å². The van der Waals surface area contributed by atoms with Gasteiger partial charge in [0, 0.05) is 6.54 Å². The van der Waals surface area contributed by atoms with Crippen molar-refractivity contribution in [2.75, 3.05) is 0 Å². The fraction of sp³-hybridized carbons (Fsp3) is 0.462. The monoisotopic (exact) mass is 202 g/mol. The fourth-order valence-corrected chi connectivity index (χ4v) is 1.87. The lowest BCUT2D eigenvalue weighted by molar-refractivity contribution is 0.345. The minimum Gasteiger partial charge on any atom is -0.328 e. The lowest BCUT2D eigenvalue weighted by Crippen LogP contribution is -2.16. The molecule has 2 aromatic rings. The van der Waals surface area contributed by atoms with E-state index >= 15 is 0 Å². The van der Waals surface area contributed by atoms with Gasteiger partial charge >= 0.3 is 0 Å². The maximum absolute atomic E-state index is 4.56. The molecule has 1 aromatic carbocycles. The highest BCUT2D eigenvalue weighted by Crippen LogP contribution is 2.22. The molecule has 15 heavy (non-hydrogen) atoms. The molecule has 0 aliphatic carbocycles. The van der Waals surface area contributed by atoms with Crippen LogP contribution in [0.2, 0.25) is 0 Å². The van der Waals surface area contributed by atoms with E-state index in [4.69, 9.17) is 0 Å². The van der Waals surface area contributed by atoms with Crippen molar-refractivity contribution < 1.29 is 0 Å². The number of hydrogen-bond donors (Lipinski definition) is 0. The number of nitrogens with zero attached hydrogens (tertiary/aromatic N) is 2. The van der Waals surface area contributed by atoms with E-state index in [0.717, 1.165) is 17.9 Å². The Morgan fingerprint density at radius 3 is 2.53 bits per heavy atom. The van der Waals surface area contributed by atoms with Crippen molar-refractivity contribution in [1.29, 1.82) is 0 Å².